The lowest BCUT2D eigenvalue weighted by Gasteiger charge is -2.30. The van der Waals surface area contributed by atoms with Crippen LogP contribution in [0.3, 0.4) is 0 Å². The number of aryl methyl sites for hydroxylation is 1. The van der Waals surface area contributed by atoms with Gasteiger partial charge in [-0.25, -0.2) is 18.5 Å². The first-order valence-corrected chi connectivity index (χ1v) is 10.7. The summed E-state index contributed by atoms with van der Waals surface area (Å²) in [4.78, 5) is 6.62. The third kappa shape index (κ3) is 3.11. The molecule has 4 heterocycles. The molecule has 7 nitrogen and oxygen atoms in total. The minimum Gasteiger partial charge on any atom is -0.497 e. The molecule has 9 heteroatoms. The molecule has 0 saturated carbocycles. The molecule has 0 fully saturated rings. The van der Waals surface area contributed by atoms with E-state index >= 15 is 0 Å². The Labute approximate surface area is 188 Å². The van der Waals surface area contributed by atoms with Crippen LogP contribution >= 0.6 is 0 Å². The lowest BCUT2D eigenvalue weighted by Crippen LogP contribution is -2.39. The van der Waals surface area contributed by atoms with Crippen molar-refractivity contribution in [3.8, 4) is 17.0 Å². The number of rotatable bonds is 4. The Morgan fingerprint density at radius 2 is 1.76 bits per heavy atom. The molecule has 6 rings (SSSR count). The van der Waals surface area contributed by atoms with Crippen molar-refractivity contribution >= 4 is 17.3 Å². The molecule has 0 aliphatic carbocycles. The highest BCUT2D eigenvalue weighted by molar-refractivity contribution is 6.14. The van der Waals surface area contributed by atoms with Gasteiger partial charge in [0.15, 0.2) is 0 Å². The highest BCUT2D eigenvalue weighted by atomic mass is 19.1. The Morgan fingerprint density at radius 3 is 2.52 bits per heavy atom. The number of hydrogen-bond donors (Lipinski definition) is 0. The number of aromatic nitrogens is 4. The van der Waals surface area contributed by atoms with Crippen molar-refractivity contribution in [2.45, 2.75) is 19.5 Å². The largest absolute Gasteiger partial charge is 0.497 e. The van der Waals surface area contributed by atoms with Crippen LogP contribution in [0.4, 0.5) is 20.3 Å². The van der Waals surface area contributed by atoms with E-state index in [1.807, 2.05) is 38.5 Å². The average Bonchev–Trinajstić information content (AvgIpc) is 3.38. The summed E-state index contributed by atoms with van der Waals surface area (Å²) in [6.45, 7) is 1.81. The molecule has 33 heavy (non-hydrogen) atoms. The van der Waals surface area contributed by atoms with E-state index in [9.17, 15) is 8.78 Å². The lowest BCUT2D eigenvalue weighted by atomic mass is 10.1. The van der Waals surface area contributed by atoms with Crippen molar-refractivity contribution in [3.63, 3.8) is 0 Å². The number of anilines is 1. The van der Waals surface area contributed by atoms with Gasteiger partial charge in [0.05, 0.1) is 42.9 Å². The van der Waals surface area contributed by atoms with Crippen LogP contribution in [0.5, 0.6) is 5.75 Å². The quantitative estimate of drug-likeness (QED) is 0.467. The highest BCUT2D eigenvalue weighted by Crippen LogP contribution is 2.43. The molecule has 0 radical (unpaired) electrons. The van der Waals surface area contributed by atoms with Crippen LogP contribution < -0.4 is 9.64 Å². The molecule has 2 aliphatic rings. The standard InChI is InChI=1S/C24H20F2N6O/c1-33-16-8-6-15(7-9-16)14-32-22-17-12-27-31-11-3-10-30(24(17)31)23(29-20(22)13-28-32)21-18(25)4-2-5-19(21)26/h2,4-9,12-13H,3,10-11,14H2,1H3. The molecule has 0 N–H and O–H groups in total. The van der Waals surface area contributed by atoms with Gasteiger partial charge < -0.3 is 9.64 Å². The average molecular weight is 446 g/mol. The van der Waals surface area contributed by atoms with Gasteiger partial charge in [-0.05, 0) is 36.2 Å². The summed E-state index contributed by atoms with van der Waals surface area (Å²) < 4.78 is 38.6. The predicted octanol–water partition coefficient (Wildman–Crippen LogP) is 4.38. The van der Waals surface area contributed by atoms with Gasteiger partial charge in [-0.2, -0.15) is 10.2 Å². The maximum absolute atomic E-state index is 14.8. The van der Waals surface area contributed by atoms with E-state index in [1.54, 1.807) is 19.5 Å². The monoisotopic (exact) mass is 446 g/mol. The number of aliphatic imine (C=N–C) groups is 1. The fraction of sp³-hybridized carbons (Fsp3) is 0.208. The molecule has 4 aromatic rings. The topological polar surface area (TPSA) is 60.5 Å². The van der Waals surface area contributed by atoms with Crippen molar-refractivity contribution in [3.05, 3.63) is 77.6 Å². The maximum atomic E-state index is 14.8. The lowest BCUT2D eigenvalue weighted by molar-refractivity contribution is 0.414. The summed E-state index contributed by atoms with van der Waals surface area (Å²) in [5.74, 6) is 0.483. The Bertz CT molecular complexity index is 1370. The zero-order valence-electron chi connectivity index (χ0n) is 17.9. The minimum absolute atomic E-state index is 0.145. The fourth-order valence-electron chi connectivity index (χ4n) is 4.52. The van der Waals surface area contributed by atoms with Gasteiger partial charge in [-0.15, -0.1) is 0 Å². The molecule has 2 aromatic carbocycles. The maximum Gasteiger partial charge on any atom is 0.148 e. The second kappa shape index (κ2) is 7.54. The van der Waals surface area contributed by atoms with Crippen molar-refractivity contribution in [2.24, 2.45) is 4.99 Å². The predicted molar refractivity (Wildman–Crippen MR) is 120 cm³/mol. The van der Waals surface area contributed by atoms with Crippen LogP contribution in [0.2, 0.25) is 0 Å². The number of benzene rings is 2. The van der Waals surface area contributed by atoms with Gasteiger partial charge in [0.25, 0.3) is 0 Å². The zero-order valence-corrected chi connectivity index (χ0v) is 17.9. The van der Waals surface area contributed by atoms with Crippen LogP contribution in [0.15, 0.2) is 59.9 Å². The Hall–Kier alpha value is -4.01. The number of amidine groups is 1. The summed E-state index contributed by atoms with van der Waals surface area (Å²) in [5, 5.41) is 9.12. The summed E-state index contributed by atoms with van der Waals surface area (Å²) in [7, 11) is 1.63. The Kier molecular flexibility index (Phi) is 4.49. The Balaban J connectivity index is 1.54. The van der Waals surface area contributed by atoms with Gasteiger partial charge in [-0.1, -0.05) is 18.2 Å². The normalized spacial score (nSPS) is 14.4. The van der Waals surface area contributed by atoms with E-state index in [1.165, 1.54) is 18.2 Å². The van der Waals surface area contributed by atoms with Crippen molar-refractivity contribution < 1.29 is 13.5 Å². The molecule has 0 saturated heterocycles. The van der Waals surface area contributed by atoms with Crippen molar-refractivity contribution in [1.82, 2.24) is 19.6 Å². The first kappa shape index (κ1) is 19.7. The molecular formula is C24H20F2N6O. The molecule has 0 bridgehead atoms. The number of hydrogen-bond acceptors (Lipinski definition) is 5. The van der Waals surface area contributed by atoms with Gasteiger partial charge >= 0.3 is 0 Å². The van der Waals surface area contributed by atoms with Gasteiger partial charge in [-0.3, -0.25) is 4.68 Å². The van der Waals surface area contributed by atoms with E-state index in [4.69, 9.17) is 9.73 Å². The summed E-state index contributed by atoms with van der Waals surface area (Å²) in [6.07, 6.45) is 4.21. The summed E-state index contributed by atoms with van der Waals surface area (Å²) in [6, 6.07) is 11.6. The molecule has 0 atom stereocenters. The van der Waals surface area contributed by atoms with Gasteiger partial charge in [0.2, 0.25) is 0 Å². The van der Waals surface area contributed by atoms with Crippen molar-refractivity contribution in [2.75, 3.05) is 18.6 Å². The number of methoxy groups -OCH3 is 1. The number of fused-ring (bicyclic) bond motifs is 2. The van der Waals surface area contributed by atoms with Gasteiger partial charge in [0.1, 0.15) is 34.7 Å². The molecular weight excluding hydrogens is 426 g/mol. The summed E-state index contributed by atoms with van der Waals surface area (Å²) >= 11 is 0. The van der Waals surface area contributed by atoms with Crippen LogP contribution in [-0.4, -0.2) is 39.1 Å². The SMILES string of the molecule is COc1ccc(Cn2ncc3c2-c2cnn4c2N(CCC4)C(c2c(F)cccc2F)=N3)cc1. The van der Waals surface area contributed by atoms with E-state index in [0.717, 1.165) is 41.4 Å². The first-order valence-electron chi connectivity index (χ1n) is 10.7. The minimum atomic E-state index is -0.652. The van der Waals surface area contributed by atoms with E-state index in [2.05, 4.69) is 10.2 Å². The first-order chi connectivity index (χ1) is 16.1. The van der Waals surface area contributed by atoms with Crippen molar-refractivity contribution in [1.29, 1.82) is 0 Å². The zero-order chi connectivity index (χ0) is 22.5. The van der Waals surface area contributed by atoms with Crippen LogP contribution in [0.25, 0.3) is 11.3 Å². The smallest absolute Gasteiger partial charge is 0.148 e. The van der Waals surface area contributed by atoms with Gasteiger partial charge in [0, 0.05) is 13.1 Å². The molecule has 2 aliphatic heterocycles. The molecule has 0 unspecified atom stereocenters. The molecule has 0 amide bonds. The fourth-order valence-corrected chi connectivity index (χ4v) is 4.52. The van der Waals surface area contributed by atoms with E-state index in [0.29, 0.717) is 18.8 Å². The second-order valence-corrected chi connectivity index (χ2v) is 8.03. The second-order valence-electron chi connectivity index (χ2n) is 8.03. The van der Waals surface area contributed by atoms with Crippen LogP contribution in [0, 0.1) is 11.6 Å². The van der Waals surface area contributed by atoms with E-state index in [-0.39, 0.29) is 11.4 Å². The number of halogens is 2. The number of nitrogens with zero attached hydrogens (tertiary/aromatic N) is 6. The van der Waals surface area contributed by atoms with E-state index < -0.39 is 11.6 Å². The highest BCUT2D eigenvalue weighted by Gasteiger charge is 2.34. The molecule has 2 aromatic heterocycles. The van der Waals surface area contributed by atoms with Crippen LogP contribution in [-0.2, 0) is 13.1 Å². The molecule has 0 spiro atoms. The number of ether oxygens (including phenoxy) is 1. The molecule has 166 valence electrons. The summed E-state index contributed by atoms with van der Waals surface area (Å²) in [5.41, 5.74) is 3.05. The third-order valence-electron chi connectivity index (χ3n) is 6.05. The van der Waals surface area contributed by atoms with Crippen LogP contribution in [0.1, 0.15) is 17.5 Å². The Morgan fingerprint density at radius 1 is 0.970 bits per heavy atom. The third-order valence-corrected chi connectivity index (χ3v) is 6.05.